The van der Waals surface area contributed by atoms with Crippen LogP contribution >= 0.6 is 27.3 Å². The number of aromatic carboxylic acids is 1. The van der Waals surface area contributed by atoms with Gasteiger partial charge in [0, 0.05) is 6.04 Å². The van der Waals surface area contributed by atoms with Gasteiger partial charge in [0.15, 0.2) is 17.2 Å². The topological polar surface area (TPSA) is 133 Å². The van der Waals surface area contributed by atoms with E-state index in [1.165, 1.54) is 4.31 Å². The minimum Gasteiger partial charge on any atom is -0.479 e. The Balaban J connectivity index is 1.76. The average Bonchev–Trinajstić information content (AvgIpc) is 3.19. The Labute approximate surface area is 233 Å². The monoisotopic (exact) mass is 622 g/mol. The molecule has 1 aromatic heterocycles. The predicted molar refractivity (Wildman–Crippen MR) is 150 cm³/mol. The number of anilines is 1. The zero-order valence-corrected chi connectivity index (χ0v) is 23.7. The van der Waals surface area contributed by atoms with Gasteiger partial charge in [-0.1, -0.05) is 42.0 Å². The van der Waals surface area contributed by atoms with Gasteiger partial charge in [-0.3, -0.25) is 4.31 Å². The molecule has 12 heteroatoms. The Kier molecular flexibility index (Phi) is 8.76. The molecule has 0 aliphatic carbocycles. The number of thiophene rings is 1. The fraction of sp³-hybridized carbons (Fsp3) is 0.308. The van der Waals surface area contributed by atoms with Gasteiger partial charge < -0.3 is 20.3 Å². The Morgan fingerprint density at radius 2 is 1.84 bits per heavy atom. The van der Waals surface area contributed by atoms with E-state index in [1.807, 2.05) is 25.1 Å². The van der Waals surface area contributed by atoms with E-state index in [1.54, 1.807) is 30.3 Å². The van der Waals surface area contributed by atoms with Crippen molar-refractivity contribution in [2.24, 2.45) is 0 Å². The first-order valence-electron chi connectivity index (χ1n) is 11.9. The molecule has 38 heavy (non-hydrogen) atoms. The number of carboxylic acid groups (broad SMARTS) is 2. The molecule has 0 amide bonds. The lowest BCUT2D eigenvalue weighted by molar-refractivity contribution is -0.139. The van der Waals surface area contributed by atoms with Crippen LogP contribution in [0.25, 0.3) is 10.4 Å². The molecule has 2 aromatic carbocycles. The van der Waals surface area contributed by atoms with Crippen LogP contribution in [0.1, 0.15) is 33.6 Å². The first-order chi connectivity index (χ1) is 18.1. The van der Waals surface area contributed by atoms with E-state index in [9.17, 15) is 23.1 Å². The lowest BCUT2D eigenvalue weighted by atomic mass is 10.1. The van der Waals surface area contributed by atoms with Crippen LogP contribution in [-0.2, 0) is 20.6 Å². The lowest BCUT2D eigenvalue weighted by Crippen LogP contribution is -2.46. The quantitative estimate of drug-likeness (QED) is 0.295. The normalized spacial score (nSPS) is 14.3. The number of hydrogen-bond acceptors (Lipinski definition) is 7. The number of benzene rings is 2. The molecule has 0 spiro atoms. The minimum atomic E-state index is -3.78. The Morgan fingerprint density at radius 3 is 2.50 bits per heavy atom. The number of carbonyl (C=O) groups is 2. The molecular weight excluding hydrogens is 596 g/mol. The second kappa shape index (κ2) is 11.9. The third-order valence-corrected chi connectivity index (χ3v) is 10.1. The maximum absolute atomic E-state index is 13.9. The molecule has 3 N–H and O–H groups in total. The maximum Gasteiger partial charge on any atom is 0.349 e. The van der Waals surface area contributed by atoms with E-state index in [2.05, 4.69) is 21.2 Å². The number of carboxylic acids is 2. The van der Waals surface area contributed by atoms with Crippen LogP contribution in [0, 0.1) is 6.92 Å². The molecule has 0 bridgehead atoms. The van der Waals surface area contributed by atoms with Crippen molar-refractivity contribution in [1.29, 1.82) is 0 Å². The number of ether oxygens (including phenoxy) is 1. The number of aliphatic carboxylic acids is 1. The predicted octanol–water partition coefficient (Wildman–Crippen LogP) is 4.74. The van der Waals surface area contributed by atoms with Gasteiger partial charge in [0.1, 0.15) is 0 Å². The van der Waals surface area contributed by atoms with E-state index in [0.717, 1.165) is 16.9 Å². The zero-order chi connectivity index (χ0) is 27.4. The summed E-state index contributed by atoms with van der Waals surface area (Å²) in [5.41, 5.74) is 2.74. The summed E-state index contributed by atoms with van der Waals surface area (Å²) >= 11 is 4.30. The number of piperidine rings is 1. The molecule has 4 rings (SSSR count). The van der Waals surface area contributed by atoms with Gasteiger partial charge in [-0.15, -0.1) is 11.3 Å². The summed E-state index contributed by atoms with van der Waals surface area (Å²) in [4.78, 5) is 23.2. The minimum absolute atomic E-state index is 0.0763. The molecule has 0 radical (unpaired) electrons. The number of rotatable bonds is 10. The molecule has 1 aliphatic heterocycles. The summed E-state index contributed by atoms with van der Waals surface area (Å²) in [7, 11) is -3.78. The Morgan fingerprint density at radius 1 is 1.13 bits per heavy atom. The third kappa shape index (κ3) is 6.37. The molecule has 0 unspecified atom stereocenters. The molecule has 1 aliphatic rings. The van der Waals surface area contributed by atoms with Gasteiger partial charge in [-0.25, -0.2) is 18.0 Å². The lowest BCUT2D eigenvalue weighted by Gasteiger charge is -2.35. The first kappa shape index (κ1) is 28.1. The van der Waals surface area contributed by atoms with Crippen LogP contribution in [0.2, 0.25) is 0 Å². The SMILES string of the molecule is Cc1cccc(CS(=O)(=O)N(c2cccc(-c3sc(C(=O)O)c(OCC(=O)O)c3Br)c2)C2CCNCC2)c1. The summed E-state index contributed by atoms with van der Waals surface area (Å²) in [6, 6.07) is 14.1. The molecule has 1 saturated heterocycles. The van der Waals surface area contributed by atoms with E-state index in [4.69, 9.17) is 9.84 Å². The molecule has 0 saturated carbocycles. The molecular formula is C26H27BrN2O7S2. The summed E-state index contributed by atoms with van der Waals surface area (Å²) in [6.45, 7) is 2.62. The largest absolute Gasteiger partial charge is 0.479 e. The van der Waals surface area contributed by atoms with Crippen molar-refractivity contribution >= 4 is 54.9 Å². The molecule has 2 heterocycles. The molecule has 9 nitrogen and oxygen atoms in total. The Hall–Kier alpha value is -2.93. The second-order valence-electron chi connectivity index (χ2n) is 8.96. The van der Waals surface area contributed by atoms with Crippen molar-refractivity contribution in [2.45, 2.75) is 31.6 Å². The fourth-order valence-corrected chi connectivity index (χ4v) is 8.22. The van der Waals surface area contributed by atoms with Crippen LogP contribution in [0.4, 0.5) is 5.69 Å². The molecule has 1 fully saturated rings. The Bertz CT molecular complexity index is 1450. The van der Waals surface area contributed by atoms with Crippen LogP contribution in [0.5, 0.6) is 5.75 Å². The smallest absolute Gasteiger partial charge is 0.349 e. The average molecular weight is 624 g/mol. The maximum atomic E-state index is 13.9. The van der Waals surface area contributed by atoms with Crippen molar-refractivity contribution in [2.75, 3.05) is 24.0 Å². The van der Waals surface area contributed by atoms with E-state index < -0.39 is 28.6 Å². The number of hydrogen-bond donors (Lipinski definition) is 3. The van der Waals surface area contributed by atoms with Crippen molar-refractivity contribution in [3.63, 3.8) is 0 Å². The standard InChI is InChI=1S/C26H27BrN2O7S2/c1-16-4-2-5-17(12-16)15-38(34,35)29(19-8-10-28-11-9-19)20-7-3-6-18(13-20)24-22(27)23(36-14-21(30)31)25(37-24)26(32)33/h2-7,12-13,19,28H,8-11,14-15H2,1H3,(H,30,31)(H,32,33). The van der Waals surface area contributed by atoms with Crippen molar-refractivity contribution in [1.82, 2.24) is 5.32 Å². The van der Waals surface area contributed by atoms with Gasteiger partial charge in [0.05, 0.1) is 20.8 Å². The van der Waals surface area contributed by atoms with Crippen LogP contribution < -0.4 is 14.4 Å². The highest BCUT2D eigenvalue weighted by Gasteiger charge is 2.32. The van der Waals surface area contributed by atoms with E-state index in [-0.39, 0.29) is 22.4 Å². The van der Waals surface area contributed by atoms with Gasteiger partial charge in [0.2, 0.25) is 10.0 Å². The summed E-state index contributed by atoms with van der Waals surface area (Å²) < 4.78 is 34.8. The zero-order valence-electron chi connectivity index (χ0n) is 20.5. The van der Waals surface area contributed by atoms with Crippen LogP contribution in [0.3, 0.4) is 0 Å². The van der Waals surface area contributed by atoms with Crippen molar-refractivity contribution < 1.29 is 33.0 Å². The summed E-state index contributed by atoms with van der Waals surface area (Å²) in [6.07, 6.45) is 1.30. The van der Waals surface area contributed by atoms with Gasteiger partial charge >= 0.3 is 11.9 Å². The molecule has 3 aromatic rings. The fourth-order valence-electron chi connectivity index (χ4n) is 4.49. The van der Waals surface area contributed by atoms with Gasteiger partial charge in [-0.2, -0.15) is 0 Å². The number of aryl methyl sites for hydroxylation is 1. The van der Waals surface area contributed by atoms with E-state index in [0.29, 0.717) is 52.1 Å². The van der Waals surface area contributed by atoms with Gasteiger partial charge in [-0.05, 0) is 72.0 Å². The summed E-state index contributed by atoms with van der Waals surface area (Å²) in [5.74, 6) is -2.72. The number of nitrogens with zero attached hydrogens (tertiary/aromatic N) is 1. The highest BCUT2D eigenvalue weighted by Crippen LogP contribution is 2.46. The van der Waals surface area contributed by atoms with Crippen LogP contribution in [0.15, 0.2) is 53.0 Å². The number of halogens is 1. The summed E-state index contributed by atoms with van der Waals surface area (Å²) in [5, 5.41) is 21.9. The first-order valence-corrected chi connectivity index (χ1v) is 15.1. The second-order valence-corrected chi connectivity index (χ2v) is 12.6. The van der Waals surface area contributed by atoms with E-state index >= 15 is 0 Å². The van der Waals surface area contributed by atoms with Crippen LogP contribution in [-0.4, -0.2) is 56.3 Å². The highest BCUT2D eigenvalue weighted by molar-refractivity contribution is 9.10. The number of nitrogens with one attached hydrogen (secondary N) is 1. The number of sulfonamides is 1. The van der Waals surface area contributed by atoms with Crippen molar-refractivity contribution in [3.8, 4) is 16.2 Å². The third-order valence-electron chi connectivity index (χ3n) is 6.08. The highest BCUT2D eigenvalue weighted by atomic mass is 79.9. The van der Waals surface area contributed by atoms with Crippen molar-refractivity contribution in [3.05, 3.63) is 69.0 Å². The molecule has 0 atom stereocenters. The van der Waals surface area contributed by atoms with Gasteiger partial charge in [0.25, 0.3) is 0 Å². The molecule has 202 valence electrons.